The van der Waals surface area contributed by atoms with Crippen LogP contribution in [0.25, 0.3) is 5.57 Å². The first-order valence-corrected chi connectivity index (χ1v) is 20.2. The van der Waals surface area contributed by atoms with E-state index in [0.29, 0.717) is 16.6 Å². The molecule has 10 heteroatoms. The zero-order valence-electron chi connectivity index (χ0n) is 30.3. The molecule has 272 valence electrons. The zero-order chi connectivity index (χ0) is 35.4. The number of halogens is 2. The highest BCUT2D eigenvalue weighted by atomic mass is 31.2. The Morgan fingerprint density at radius 2 is 1.33 bits per heavy atom. The summed E-state index contributed by atoms with van der Waals surface area (Å²) in [4.78, 5) is 14.2. The molecule has 1 aromatic rings. The molecule has 3 rings (SSSR count). The highest BCUT2D eigenvalue weighted by Gasteiger charge is 2.33. The van der Waals surface area contributed by atoms with Gasteiger partial charge in [-0.25, -0.2) is 4.57 Å². The van der Waals surface area contributed by atoms with E-state index >= 15 is 0 Å². The molecule has 0 aromatic heterocycles. The summed E-state index contributed by atoms with van der Waals surface area (Å²) in [6.07, 6.45) is 31.3. The molecule has 2 aliphatic rings. The largest absolute Gasteiger partial charge is 0.549 e. The minimum absolute atomic E-state index is 0.211. The van der Waals surface area contributed by atoms with Crippen LogP contribution in [0, 0.1) is 0 Å². The lowest BCUT2D eigenvalue weighted by molar-refractivity contribution is -0.870. The normalized spacial score (nSPS) is 17.9. The van der Waals surface area contributed by atoms with Crippen LogP contribution in [0.1, 0.15) is 114 Å². The van der Waals surface area contributed by atoms with Crippen molar-refractivity contribution in [3.05, 3.63) is 77.0 Å². The molecule has 1 heterocycles. The standard InChI is InChI=1S/C39H60BF2N2O4P/c1-44(2,3)31-33-48-49(45,46)47-32-19-17-15-13-11-9-7-5-4-6-8-10-12-14-16-18-22-34-26-28-35(29-27-34)39(38-25-21-30-43-38)36-23-20-24-37(36)40(41)42/h20-21,23-30,37H,4-19,22,31-33H2,1-3H3/p+1/b39-38-. The maximum absolute atomic E-state index is 13.7. The smallest absolute Gasteiger partial charge is 0.329 e. The van der Waals surface area contributed by atoms with E-state index in [1.165, 1.54) is 89.0 Å². The van der Waals surface area contributed by atoms with Gasteiger partial charge in [-0.05, 0) is 48.1 Å². The number of hydrogen-bond donors (Lipinski definition) is 1. The molecule has 0 saturated carbocycles. The molecule has 1 aliphatic heterocycles. The van der Waals surface area contributed by atoms with Gasteiger partial charge in [0.1, 0.15) is 13.2 Å². The predicted molar refractivity (Wildman–Crippen MR) is 202 cm³/mol. The third kappa shape index (κ3) is 17.1. The number of hydrogen-bond acceptors (Lipinski definition) is 4. The molecule has 1 N–H and O–H groups in total. The molecule has 2 atom stereocenters. The molecule has 0 amide bonds. The van der Waals surface area contributed by atoms with Crippen LogP contribution in [0.2, 0.25) is 5.82 Å². The summed E-state index contributed by atoms with van der Waals surface area (Å²) in [5, 5.41) is 0. The Balaban J connectivity index is 1.12. The van der Waals surface area contributed by atoms with Crippen LogP contribution in [0.3, 0.4) is 0 Å². The number of phosphoric acid groups is 1. The van der Waals surface area contributed by atoms with E-state index in [1.54, 1.807) is 24.4 Å². The number of rotatable bonds is 27. The van der Waals surface area contributed by atoms with Crippen LogP contribution >= 0.6 is 7.82 Å². The first-order valence-electron chi connectivity index (χ1n) is 18.7. The van der Waals surface area contributed by atoms with Crippen molar-refractivity contribution in [2.24, 2.45) is 4.99 Å². The molecule has 0 radical (unpaired) electrons. The van der Waals surface area contributed by atoms with Gasteiger partial charge in [0.2, 0.25) is 0 Å². The molecule has 1 aromatic carbocycles. The summed E-state index contributed by atoms with van der Waals surface area (Å²) in [6.45, 7) is 1.14. The second kappa shape index (κ2) is 22.6. The Morgan fingerprint density at radius 3 is 1.84 bits per heavy atom. The molecule has 0 spiro atoms. The third-order valence-corrected chi connectivity index (χ3v) is 10.2. The Morgan fingerprint density at radius 1 is 0.796 bits per heavy atom. The number of phosphoric ester groups is 1. The molecule has 49 heavy (non-hydrogen) atoms. The lowest BCUT2D eigenvalue weighted by Crippen LogP contribution is -2.37. The van der Waals surface area contributed by atoms with E-state index in [0.717, 1.165) is 42.5 Å². The number of aryl methyl sites for hydroxylation is 1. The van der Waals surface area contributed by atoms with Crippen molar-refractivity contribution in [3.8, 4) is 0 Å². The van der Waals surface area contributed by atoms with Crippen molar-refractivity contribution in [2.45, 2.75) is 115 Å². The molecule has 6 nitrogen and oxygen atoms in total. The Hall–Kier alpha value is -2.16. The fraction of sp³-hybridized carbons (Fsp3) is 0.615. The van der Waals surface area contributed by atoms with E-state index in [9.17, 15) is 18.1 Å². The average Bonchev–Trinajstić information content (AvgIpc) is 3.76. The van der Waals surface area contributed by atoms with Gasteiger partial charge in [0.05, 0.1) is 33.4 Å². The first kappa shape index (κ1) is 41.3. The van der Waals surface area contributed by atoms with Crippen LogP contribution in [-0.4, -0.2) is 63.8 Å². The van der Waals surface area contributed by atoms with Crippen molar-refractivity contribution >= 4 is 26.9 Å². The Bertz CT molecular complexity index is 1290. The number of allylic oxidation sites excluding steroid dienone is 7. The minimum atomic E-state index is -3.92. The van der Waals surface area contributed by atoms with Crippen molar-refractivity contribution < 1.29 is 31.6 Å². The van der Waals surface area contributed by atoms with Gasteiger partial charge in [-0.3, -0.25) is 22.7 Å². The van der Waals surface area contributed by atoms with Crippen LogP contribution < -0.4 is 0 Å². The van der Waals surface area contributed by atoms with Gasteiger partial charge in [0.15, 0.2) is 0 Å². The summed E-state index contributed by atoms with van der Waals surface area (Å²) >= 11 is 0. The molecule has 2 unspecified atom stereocenters. The van der Waals surface area contributed by atoms with Crippen LogP contribution in [-0.2, 0) is 20.0 Å². The van der Waals surface area contributed by atoms with Gasteiger partial charge < -0.3 is 9.38 Å². The van der Waals surface area contributed by atoms with E-state index in [1.807, 2.05) is 33.3 Å². The lowest BCUT2D eigenvalue weighted by Gasteiger charge is -2.24. The van der Waals surface area contributed by atoms with E-state index < -0.39 is 20.9 Å². The van der Waals surface area contributed by atoms with E-state index in [2.05, 4.69) is 29.3 Å². The van der Waals surface area contributed by atoms with Crippen LogP contribution in [0.15, 0.2) is 70.9 Å². The topological polar surface area (TPSA) is 68.1 Å². The maximum Gasteiger partial charge on any atom is 0.549 e. The highest BCUT2D eigenvalue weighted by molar-refractivity contribution is 7.47. The van der Waals surface area contributed by atoms with Gasteiger partial charge in [0.25, 0.3) is 0 Å². The molecule has 1 aliphatic carbocycles. The van der Waals surface area contributed by atoms with Crippen molar-refractivity contribution in [2.75, 3.05) is 40.9 Å². The van der Waals surface area contributed by atoms with Crippen molar-refractivity contribution in [1.82, 2.24) is 0 Å². The summed E-state index contributed by atoms with van der Waals surface area (Å²) < 4.78 is 50.1. The fourth-order valence-electron chi connectivity index (χ4n) is 6.27. The molecule has 0 saturated heterocycles. The number of nitrogens with zero attached hydrogens (tertiary/aromatic N) is 2. The van der Waals surface area contributed by atoms with E-state index in [4.69, 9.17) is 9.05 Å². The van der Waals surface area contributed by atoms with Crippen LogP contribution in [0.5, 0.6) is 0 Å². The number of benzene rings is 1. The quantitative estimate of drug-likeness (QED) is 0.0429. The summed E-state index contributed by atoms with van der Waals surface area (Å²) in [5.41, 5.74) is 4.41. The van der Waals surface area contributed by atoms with Gasteiger partial charge in [-0.15, -0.1) is 0 Å². The maximum atomic E-state index is 13.7. The minimum Gasteiger partial charge on any atom is -0.329 e. The number of quaternary nitrogens is 1. The fourth-order valence-corrected chi connectivity index (χ4v) is 7.01. The first-order chi connectivity index (χ1) is 23.6. The van der Waals surface area contributed by atoms with Crippen LogP contribution in [0.4, 0.5) is 8.63 Å². The average molecular weight is 702 g/mol. The monoisotopic (exact) mass is 701 g/mol. The summed E-state index contributed by atoms with van der Waals surface area (Å²) in [6, 6.07) is 8.40. The second-order valence-electron chi connectivity index (χ2n) is 14.5. The SMILES string of the molecule is C[N+](C)(C)CCOP(=O)(O)OCCCCCCCCCCCCCCCCCCc1ccc(/C(C2=CC=CC2B(F)F)=C2\C=CC=N2)cc1. The predicted octanol–water partition coefficient (Wildman–Crippen LogP) is 11.0. The molecular formula is C39H61BF2N2O4P+. The lowest BCUT2D eigenvalue weighted by atomic mass is 9.71. The Kier molecular flexibility index (Phi) is 19.0. The Labute approximate surface area is 295 Å². The molecular weight excluding hydrogens is 640 g/mol. The molecule has 0 bridgehead atoms. The second-order valence-corrected chi connectivity index (χ2v) is 16.0. The van der Waals surface area contributed by atoms with E-state index in [-0.39, 0.29) is 13.2 Å². The molecule has 0 fully saturated rings. The third-order valence-electron chi connectivity index (χ3n) is 9.20. The number of likely N-dealkylation sites (N-methyl/N-ethyl adjacent to an activating group) is 1. The van der Waals surface area contributed by atoms with Crippen molar-refractivity contribution in [3.63, 3.8) is 0 Å². The van der Waals surface area contributed by atoms with Crippen molar-refractivity contribution in [1.29, 1.82) is 0 Å². The number of unbranched alkanes of at least 4 members (excludes halogenated alkanes) is 15. The van der Waals surface area contributed by atoms with Gasteiger partial charge in [-0.1, -0.05) is 132 Å². The van der Waals surface area contributed by atoms with Gasteiger partial charge in [-0.2, -0.15) is 0 Å². The summed E-state index contributed by atoms with van der Waals surface area (Å²) in [5.74, 6) is -0.889. The van der Waals surface area contributed by atoms with Gasteiger partial charge >= 0.3 is 15.1 Å². The van der Waals surface area contributed by atoms with Gasteiger partial charge in [0, 0.05) is 17.6 Å². The zero-order valence-corrected chi connectivity index (χ0v) is 31.2. The summed E-state index contributed by atoms with van der Waals surface area (Å²) in [7, 11) is -0.333. The number of aliphatic imine (C=N–C) groups is 1. The highest BCUT2D eigenvalue weighted by Crippen LogP contribution is 2.43.